The van der Waals surface area contributed by atoms with E-state index in [-0.39, 0.29) is 0 Å². The topological polar surface area (TPSA) is 9.23 Å². The van der Waals surface area contributed by atoms with Gasteiger partial charge in [-0.1, -0.05) is 22.0 Å². The summed E-state index contributed by atoms with van der Waals surface area (Å²) in [5, 5.41) is 0. The van der Waals surface area contributed by atoms with Crippen LogP contribution in [0.3, 0.4) is 0 Å². The van der Waals surface area contributed by atoms with Crippen molar-refractivity contribution in [2.45, 2.75) is 6.04 Å². The molecule has 1 atom stereocenters. The molecule has 0 bridgehead atoms. The Morgan fingerprint density at radius 1 is 1.31 bits per heavy atom. The summed E-state index contributed by atoms with van der Waals surface area (Å²) >= 11 is 17.4. The second kappa shape index (κ2) is 7.87. The van der Waals surface area contributed by atoms with E-state index in [9.17, 15) is 0 Å². The molecule has 0 radical (unpaired) electrons. The standard InChI is InChI=1S/C8H9Br3OPS2Si/c9-5-3-6(10)8(7(11)4-5)12-13(14)15-1-2-16/h3-4H,1-2H2,16H3/q+1. The highest BCUT2D eigenvalue weighted by molar-refractivity contribution is 9.11. The number of hydrogen-bond acceptors (Lipinski definition) is 3. The van der Waals surface area contributed by atoms with Crippen LogP contribution in [0.15, 0.2) is 25.6 Å². The Morgan fingerprint density at radius 2 is 1.88 bits per heavy atom. The van der Waals surface area contributed by atoms with Gasteiger partial charge in [0, 0.05) is 20.5 Å². The van der Waals surface area contributed by atoms with Crippen molar-refractivity contribution >= 4 is 87.3 Å². The Labute approximate surface area is 134 Å². The minimum absolute atomic E-state index is 0.796. The molecule has 0 aliphatic rings. The van der Waals surface area contributed by atoms with Crippen LogP contribution in [-0.4, -0.2) is 16.0 Å². The van der Waals surface area contributed by atoms with E-state index in [0.717, 1.165) is 24.9 Å². The minimum Gasteiger partial charge on any atom is -0.263 e. The van der Waals surface area contributed by atoms with Gasteiger partial charge in [-0.05, 0) is 44.0 Å². The molecule has 0 heterocycles. The van der Waals surface area contributed by atoms with Crippen molar-refractivity contribution in [1.82, 2.24) is 0 Å². The van der Waals surface area contributed by atoms with E-state index in [1.54, 1.807) is 11.4 Å². The van der Waals surface area contributed by atoms with Gasteiger partial charge in [0.05, 0.1) is 8.95 Å². The van der Waals surface area contributed by atoms with Crippen LogP contribution in [-0.2, 0) is 11.8 Å². The number of benzene rings is 1. The van der Waals surface area contributed by atoms with Gasteiger partial charge in [-0.15, -0.1) is 0 Å². The molecule has 0 saturated carbocycles. The van der Waals surface area contributed by atoms with Crippen LogP contribution in [0, 0.1) is 0 Å². The zero-order valence-electron chi connectivity index (χ0n) is 8.37. The number of rotatable bonds is 5. The first-order valence-electron chi connectivity index (χ1n) is 4.47. The van der Waals surface area contributed by atoms with E-state index in [1.807, 2.05) is 12.1 Å². The third kappa shape index (κ3) is 5.04. The van der Waals surface area contributed by atoms with Gasteiger partial charge in [-0.25, -0.2) is 0 Å². The zero-order chi connectivity index (χ0) is 12.1. The first kappa shape index (κ1) is 15.6. The van der Waals surface area contributed by atoms with Crippen LogP contribution >= 0.6 is 65.3 Å². The fraction of sp³-hybridized carbons (Fsp3) is 0.250. The number of hydrogen-bond donors (Lipinski definition) is 0. The third-order valence-corrected chi connectivity index (χ3v) is 8.10. The molecule has 1 aromatic rings. The molecule has 16 heavy (non-hydrogen) atoms. The lowest BCUT2D eigenvalue weighted by molar-refractivity contribution is 0.632. The van der Waals surface area contributed by atoms with E-state index >= 15 is 0 Å². The molecule has 0 aliphatic carbocycles. The molecule has 8 heteroatoms. The Balaban J connectivity index is 2.77. The van der Waals surface area contributed by atoms with E-state index < -0.39 is 6.13 Å². The maximum absolute atomic E-state index is 5.78. The van der Waals surface area contributed by atoms with E-state index in [2.05, 4.69) is 47.8 Å². The maximum atomic E-state index is 5.78. The summed E-state index contributed by atoms with van der Waals surface area (Å²) < 4.78 is 8.60. The quantitative estimate of drug-likeness (QED) is 0.446. The summed E-state index contributed by atoms with van der Waals surface area (Å²) in [6, 6.07) is 5.16. The molecule has 0 amide bonds. The van der Waals surface area contributed by atoms with Crippen molar-refractivity contribution < 1.29 is 4.52 Å². The molecular formula is C8H9Br3OPS2Si+. The van der Waals surface area contributed by atoms with Crippen LogP contribution in [0.4, 0.5) is 0 Å². The van der Waals surface area contributed by atoms with Crippen molar-refractivity contribution in [1.29, 1.82) is 0 Å². The predicted octanol–water partition coefficient (Wildman–Crippen LogP) is 4.64. The van der Waals surface area contributed by atoms with E-state index in [0.29, 0.717) is 0 Å². The van der Waals surface area contributed by atoms with Crippen LogP contribution < -0.4 is 4.52 Å². The van der Waals surface area contributed by atoms with Gasteiger partial charge in [0.2, 0.25) is 17.6 Å². The van der Waals surface area contributed by atoms with E-state index in [1.165, 1.54) is 16.3 Å². The summed E-state index contributed by atoms with van der Waals surface area (Å²) in [5.74, 6) is 1.90. The van der Waals surface area contributed by atoms with Gasteiger partial charge in [-0.3, -0.25) is 4.52 Å². The Hall–Kier alpha value is 1.55. The molecule has 1 rings (SSSR count). The molecule has 0 fully saturated rings. The van der Waals surface area contributed by atoms with Crippen molar-refractivity contribution in [2.24, 2.45) is 0 Å². The normalized spacial score (nSPS) is 11.6. The van der Waals surface area contributed by atoms with Gasteiger partial charge in [0.1, 0.15) is 11.4 Å². The van der Waals surface area contributed by atoms with E-state index in [4.69, 9.17) is 16.3 Å². The van der Waals surface area contributed by atoms with Crippen molar-refractivity contribution in [2.75, 3.05) is 5.75 Å². The van der Waals surface area contributed by atoms with Gasteiger partial charge in [0.25, 0.3) is 0 Å². The summed E-state index contributed by atoms with van der Waals surface area (Å²) in [6.07, 6.45) is -0.858. The second-order valence-corrected chi connectivity index (χ2v) is 11.2. The van der Waals surface area contributed by atoms with Crippen molar-refractivity contribution in [3.05, 3.63) is 25.6 Å². The van der Waals surface area contributed by atoms with Crippen LogP contribution in [0.25, 0.3) is 0 Å². The summed E-state index contributed by atoms with van der Waals surface area (Å²) in [5.41, 5.74) is 0. The molecule has 0 spiro atoms. The van der Waals surface area contributed by atoms with Gasteiger partial charge in [0.15, 0.2) is 0 Å². The Bertz CT molecular complexity index is 382. The molecule has 0 N–H and O–H groups in total. The fourth-order valence-electron chi connectivity index (χ4n) is 0.883. The van der Waals surface area contributed by atoms with Gasteiger partial charge >= 0.3 is 6.13 Å². The minimum atomic E-state index is -0.858. The lowest BCUT2D eigenvalue weighted by Gasteiger charge is -2.02. The van der Waals surface area contributed by atoms with Crippen LogP contribution in [0.1, 0.15) is 0 Å². The summed E-state index contributed by atoms with van der Waals surface area (Å²) in [6.45, 7) is 0. The maximum Gasteiger partial charge on any atom is 0.463 e. The van der Waals surface area contributed by atoms with Crippen molar-refractivity contribution in [3.63, 3.8) is 0 Å². The summed E-state index contributed by atoms with van der Waals surface area (Å²) in [7, 11) is 1.23. The fourth-order valence-corrected chi connectivity index (χ4v) is 8.20. The zero-order valence-corrected chi connectivity index (χ0v) is 17.7. The smallest absolute Gasteiger partial charge is 0.263 e. The van der Waals surface area contributed by atoms with Gasteiger partial charge < -0.3 is 0 Å². The third-order valence-electron chi connectivity index (χ3n) is 1.53. The molecule has 1 nitrogen and oxygen atoms in total. The average Bonchev–Trinajstić information content (AvgIpc) is 2.20. The predicted molar refractivity (Wildman–Crippen MR) is 91.7 cm³/mol. The largest absolute Gasteiger partial charge is 0.463 e. The SMILES string of the molecule is [SiH3]CCS[P+](=S)Oc1c(Br)cc(Br)cc1Br. The second-order valence-electron chi connectivity index (χ2n) is 2.85. The average molecular weight is 484 g/mol. The Kier molecular flexibility index (Phi) is 7.67. The first-order valence-corrected chi connectivity index (χ1v) is 12.1. The van der Waals surface area contributed by atoms with Crippen LogP contribution in [0.5, 0.6) is 5.75 Å². The molecule has 1 aromatic carbocycles. The molecular weight excluding hydrogens is 475 g/mol. The first-order chi connectivity index (χ1) is 7.54. The highest BCUT2D eigenvalue weighted by Gasteiger charge is 2.20. The van der Waals surface area contributed by atoms with Crippen molar-refractivity contribution in [3.8, 4) is 5.75 Å². The highest BCUT2D eigenvalue weighted by Crippen LogP contribution is 2.46. The Morgan fingerprint density at radius 3 is 2.38 bits per heavy atom. The monoisotopic (exact) mass is 481 g/mol. The summed E-state index contributed by atoms with van der Waals surface area (Å²) in [4.78, 5) is 0. The number of halogens is 3. The van der Waals surface area contributed by atoms with Gasteiger partial charge in [-0.2, -0.15) is 0 Å². The molecule has 0 saturated heterocycles. The van der Waals surface area contributed by atoms with Crippen LogP contribution in [0.2, 0.25) is 6.04 Å². The lowest BCUT2D eigenvalue weighted by Crippen LogP contribution is -1.84. The molecule has 0 aromatic heterocycles. The molecule has 88 valence electrons. The molecule has 1 unspecified atom stereocenters. The highest BCUT2D eigenvalue weighted by atomic mass is 79.9. The molecule has 0 aliphatic heterocycles. The lowest BCUT2D eigenvalue weighted by atomic mass is 10.3.